The number of ketones is 1. The zero-order chi connectivity index (χ0) is 28.6. The average Bonchev–Trinajstić information content (AvgIpc) is 3.44. The monoisotopic (exact) mass is 543 g/mol. The molecular formula is C28H34FN3O7. The van der Waals surface area contributed by atoms with Crippen molar-refractivity contribution in [1.82, 2.24) is 4.90 Å². The van der Waals surface area contributed by atoms with E-state index >= 15 is 4.39 Å². The van der Waals surface area contributed by atoms with E-state index in [9.17, 15) is 19.8 Å². The molecule has 0 aromatic heterocycles. The number of carbonyl (C=O) groups excluding carboxylic acids is 1. The Morgan fingerprint density at radius 3 is 2.44 bits per heavy atom. The number of methoxy groups -OCH3 is 2. The summed E-state index contributed by atoms with van der Waals surface area (Å²) in [5.74, 6) is -1.80. The number of nitrogens with one attached hydrogen (secondary N) is 1. The highest BCUT2D eigenvalue weighted by molar-refractivity contribution is 6.06. The van der Waals surface area contributed by atoms with Crippen LogP contribution in [-0.4, -0.2) is 79.3 Å². The third-order valence-electron chi connectivity index (χ3n) is 6.99. The summed E-state index contributed by atoms with van der Waals surface area (Å²) in [6, 6.07) is 4.95. The summed E-state index contributed by atoms with van der Waals surface area (Å²) < 4.78 is 31.3. The fraction of sp³-hybridized carbons (Fsp3) is 0.464. The summed E-state index contributed by atoms with van der Waals surface area (Å²) in [6.45, 7) is 6.05. The molecule has 39 heavy (non-hydrogen) atoms. The van der Waals surface area contributed by atoms with Crippen LogP contribution >= 0.6 is 0 Å². The van der Waals surface area contributed by atoms with Gasteiger partial charge in [-0.1, -0.05) is 20.8 Å². The predicted octanol–water partition coefficient (Wildman–Crippen LogP) is 3.20. The lowest BCUT2D eigenvalue weighted by molar-refractivity contribution is -0.139. The lowest BCUT2D eigenvalue weighted by Gasteiger charge is -2.29. The van der Waals surface area contributed by atoms with Crippen LogP contribution in [0.1, 0.15) is 54.2 Å². The number of aliphatic hydroxyl groups is 1. The maximum absolute atomic E-state index is 15.2. The molecule has 0 radical (unpaired) electrons. The highest BCUT2D eigenvalue weighted by atomic mass is 19.1. The molecule has 2 aromatic carbocycles. The number of nitrogens with zero attached hydrogens (tertiary/aromatic N) is 2. The number of β-amino-alcohol motifs (C(OH)–C–C–N with tert-alkyl or cyclic N) is 1. The van der Waals surface area contributed by atoms with Crippen LogP contribution in [0.5, 0.6) is 17.2 Å². The van der Waals surface area contributed by atoms with Crippen molar-refractivity contribution in [2.45, 2.75) is 45.3 Å². The minimum absolute atomic E-state index is 0.0694. The first kappa shape index (κ1) is 28.2. The van der Waals surface area contributed by atoms with Crippen molar-refractivity contribution < 1.29 is 38.4 Å². The van der Waals surface area contributed by atoms with Crippen LogP contribution in [-0.2, 0) is 16.8 Å². The number of fused-ring (bicyclic) bond motifs is 1. The fourth-order valence-electron chi connectivity index (χ4n) is 5.04. The topological polar surface area (TPSA) is 133 Å². The van der Waals surface area contributed by atoms with Crippen LogP contribution in [0.15, 0.2) is 18.2 Å². The molecule has 210 valence electrons. The summed E-state index contributed by atoms with van der Waals surface area (Å²) in [6.07, 6.45) is -0.0227. The Bertz CT molecular complexity index is 1320. The largest absolute Gasteiger partial charge is 0.493 e. The maximum Gasteiger partial charge on any atom is 0.341 e. The van der Waals surface area contributed by atoms with Crippen LogP contribution in [0.4, 0.5) is 10.1 Å². The van der Waals surface area contributed by atoms with E-state index in [-0.39, 0.29) is 41.8 Å². The van der Waals surface area contributed by atoms with Crippen molar-refractivity contribution in [3.63, 3.8) is 0 Å². The number of aliphatic carboxylic acids is 1. The Morgan fingerprint density at radius 2 is 1.87 bits per heavy atom. The van der Waals surface area contributed by atoms with Gasteiger partial charge < -0.3 is 34.2 Å². The molecular weight excluding hydrogens is 509 g/mol. The van der Waals surface area contributed by atoms with Crippen molar-refractivity contribution in [3.8, 4) is 17.2 Å². The molecule has 0 saturated carbocycles. The molecule has 0 spiro atoms. The van der Waals surface area contributed by atoms with Crippen molar-refractivity contribution in [3.05, 3.63) is 46.3 Å². The Labute approximate surface area is 226 Å². The molecule has 1 fully saturated rings. The normalized spacial score (nSPS) is 16.9. The quantitative estimate of drug-likeness (QED) is 0.408. The van der Waals surface area contributed by atoms with Crippen molar-refractivity contribution in [2.75, 3.05) is 45.4 Å². The highest BCUT2D eigenvalue weighted by Crippen LogP contribution is 2.42. The van der Waals surface area contributed by atoms with Gasteiger partial charge in [0.2, 0.25) is 0 Å². The second kappa shape index (κ2) is 10.7. The molecule has 2 aromatic rings. The summed E-state index contributed by atoms with van der Waals surface area (Å²) in [5.41, 5.74) is 1.60. The second-order valence-electron chi connectivity index (χ2n) is 10.8. The molecule has 2 aliphatic heterocycles. The first-order valence-corrected chi connectivity index (χ1v) is 12.6. The van der Waals surface area contributed by atoms with E-state index in [2.05, 4.69) is 0 Å². The van der Waals surface area contributed by atoms with Crippen LogP contribution in [0.3, 0.4) is 0 Å². The molecule has 2 heterocycles. The number of benzene rings is 2. The smallest absolute Gasteiger partial charge is 0.341 e. The number of anilines is 1. The fourth-order valence-corrected chi connectivity index (χ4v) is 5.04. The summed E-state index contributed by atoms with van der Waals surface area (Å²) in [4.78, 5) is 28.3. The number of rotatable bonds is 9. The van der Waals surface area contributed by atoms with Gasteiger partial charge in [-0.2, -0.15) is 0 Å². The molecule has 1 saturated heterocycles. The van der Waals surface area contributed by atoms with Crippen LogP contribution in [0, 0.1) is 11.2 Å². The second-order valence-corrected chi connectivity index (χ2v) is 10.8. The van der Waals surface area contributed by atoms with Gasteiger partial charge in [0.1, 0.15) is 11.6 Å². The number of aliphatic hydroxyl groups excluding tert-OH is 1. The predicted molar refractivity (Wildman–Crippen MR) is 142 cm³/mol. The molecule has 0 amide bonds. The number of hydrogen-bond donors (Lipinski definition) is 3. The van der Waals surface area contributed by atoms with Crippen LogP contribution in [0.2, 0.25) is 0 Å². The van der Waals surface area contributed by atoms with Gasteiger partial charge in [-0.05, 0) is 35.6 Å². The van der Waals surface area contributed by atoms with Gasteiger partial charge in [0, 0.05) is 30.8 Å². The number of ether oxygens (including phenoxy) is 3. The molecule has 0 aliphatic carbocycles. The summed E-state index contributed by atoms with van der Waals surface area (Å²) in [5, 5.41) is 28.0. The van der Waals surface area contributed by atoms with E-state index in [0.717, 1.165) is 0 Å². The first-order valence-electron chi connectivity index (χ1n) is 12.6. The van der Waals surface area contributed by atoms with Crippen LogP contribution in [0.25, 0.3) is 0 Å². The van der Waals surface area contributed by atoms with E-state index in [4.69, 9.17) is 19.6 Å². The molecule has 4 rings (SSSR count). The van der Waals surface area contributed by atoms with E-state index in [1.54, 1.807) is 18.2 Å². The Morgan fingerprint density at radius 1 is 1.15 bits per heavy atom. The zero-order valence-electron chi connectivity index (χ0n) is 22.8. The van der Waals surface area contributed by atoms with Gasteiger partial charge in [0.25, 0.3) is 0 Å². The Kier molecular flexibility index (Phi) is 7.74. The lowest BCUT2D eigenvalue weighted by Crippen LogP contribution is -2.31. The van der Waals surface area contributed by atoms with Crippen molar-refractivity contribution >= 4 is 23.3 Å². The highest BCUT2D eigenvalue weighted by Gasteiger charge is 2.34. The third-order valence-corrected chi connectivity index (χ3v) is 6.99. The van der Waals surface area contributed by atoms with E-state index < -0.39 is 29.9 Å². The molecule has 1 unspecified atom stereocenters. The summed E-state index contributed by atoms with van der Waals surface area (Å²) >= 11 is 0. The first-order chi connectivity index (χ1) is 18.3. The van der Waals surface area contributed by atoms with Crippen LogP contribution < -0.4 is 19.1 Å². The SMILES string of the molecule is COc1cc2c(c(F)c1OC)C(=N)N(CC(=O)c1cc(N3CCC(O)C3)c(OCC(=O)O)c(C(C)(C)C)c1)C2. The Hall–Kier alpha value is -3.86. The summed E-state index contributed by atoms with van der Waals surface area (Å²) in [7, 11) is 2.72. The molecule has 11 heteroatoms. The van der Waals surface area contributed by atoms with E-state index in [1.165, 1.54) is 19.1 Å². The number of amidine groups is 1. The van der Waals surface area contributed by atoms with Gasteiger partial charge in [-0.15, -0.1) is 0 Å². The third kappa shape index (κ3) is 5.49. The van der Waals surface area contributed by atoms with Gasteiger partial charge in [0.05, 0.1) is 38.1 Å². The lowest BCUT2D eigenvalue weighted by atomic mass is 9.84. The molecule has 10 nitrogen and oxygen atoms in total. The average molecular weight is 544 g/mol. The molecule has 1 atom stereocenters. The number of hydrogen-bond acceptors (Lipinski definition) is 8. The van der Waals surface area contributed by atoms with Crippen molar-refractivity contribution in [1.29, 1.82) is 5.41 Å². The van der Waals surface area contributed by atoms with E-state index in [0.29, 0.717) is 47.6 Å². The molecule has 2 aliphatic rings. The minimum Gasteiger partial charge on any atom is -0.493 e. The van der Waals surface area contributed by atoms with Crippen molar-refractivity contribution in [2.24, 2.45) is 0 Å². The number of carboxylic acid groups (broad SMARTS) is 1. The number of halogens is 1. The van der Waals surface area contributed by atoms with E-state index in [1.807, 2.05) is 25.7 Å². The maximum atomic E-state index is 15.2. The van der Waals surface area contributed by atoms with Gasteiger partial charge in [-0.25, -0.2) is 9.18 Å². The number of carboxylic acids is 1. The minimum atomic E-state index is -1.13. The zero-order valence-corrected chi connectivity index (χ0v) is 22.8. The number of carbonyl (C=O) groups is 2. The number of Topliss-reactive ketones (excluding diaryl/α,β-unsaturated/α-hetero) is 1. The van der Waals surface area contributed by atoms with Gasteiger partial charge >= 0.3 is 5.97 Å². The molecule has 3 N–H and O–H groups in total. The van der Waals surface area contributed by atoms with Gasteiger partial charge in [-0.3, -0.25) is 10.2 Å². The molecule has 0 bridgehead atoms. The van der Waals surface area contributed by atoms with Gasteiger partial charge in [0.15, 0.2) is 29.7 Å². The standard InChI is InChI=1S/C28H34FN3O7/c1-28(2,3)18-8-15(9-19(25(18)39-14-22(35)36)31-7-6-17(33)12-31)20(34)13-32-11-16-10-21(37-4)26(38-5)24(29)23(16)27(32)30/h8-10,17,30,33H,6-7,11-14H2,1-5H3,(H,35,36). The Balaban J connectivity index is 1.70.